The van der Waals surface area contributed by atoms with E-state index in [2.05, 4.69) is 11.1 Å². The molecule has 0 bridgehead atoms. The number of methoxy groups -OCH3 is 1. The zero-order chi connectivity index (χ0) is 29.6. The molecule has 0 N–H and O–H groups in total. The number of anilines is 1. The topological polar surface area (TPSA) is 127 Å². The lowest BCUT2D eigenvalue weighted by molar-refractivity contribution is -0.121. The molecule has 2 heterocycles. The first-order valence-electron chi connectivity index (χ1n) is 12.8. The minimum Gasteiger partial charge on any atom is -0.497 e. The second-order valence-electron chi connectivity index (χ2n) is 9.18. The number of nitrogens with zero attached hydrogens (tertiary/aromatic N) is 3. The molecular weight excluding hydrogens is 554 g/mol. The van der Waals surface area contributed by atoms with E-state index in [1.54, 1.807) is 61.7 Å². The summed E-state index contributed by atoms with van der Waals surface area (Å²) < 4.78 is 10.3. The molecule has 3 aromatic carbocycles. The standard InChI is InChI=1S/C32H23N3O6S/c1-40-25-14-9-20(10-15-25)26-16-11-23(18-33)30(34-26)42-28-17-29(37)35(31(28)38)24-12-7-22(8-13-24)32(39)41-19-27(36)21-5-3-2-4-6-21/h2-16,28H,17,19H2,1H3. The SMILES string of the molecule is COc1ccc(-c2ccc(C#N)c(SC3CC(=O)N(c4ccc(C(=O)OCC(=O)c5ccccc5)cc4)C3=O)n2)cc1. The van der Waals surface area contributed by atoms with Crippen LogP contribution in [0.1, 0.15) is 32.7 Å². The summed E-state index contributed by atoms with van der Waals surface area (Å²) in [5.41, 5.74) is 2.61. The molecule has 0 aliphatic carbocycles. The Bertz CT molecular complexity index is 1700. The molecule has 0 radical (unpaired) electrons. The van der Waals surface area contributed by atoms with Crippen molar-refractivity contribution < 1.29 is 28.7 Å². The minimum absolute atomic E-state index is 0.0752. The quantitative estimate of drug-likeness (QED) is 0.152. The van der Waals surface area contributed by atoms with Crippen molar-refractivity contribution in [2.24, 2.45) is 0 Å². The van der Waals surface area contributed by atoms with Crippen molar-refractivity contribution >= 4 is 41.0 Å². The van der Waals surface area contributed by atoms with Gasteiger partial charge in [0.1, 0.15) is 16.8 Å². The number of carbonyl (C=O) groups excluding carboxylic acids is 4. The molecule has 1 aromatic heterocycles. The Morgan fingerprint density at radius 2 is 1.67 bits per heavy atom. The van der Waals surface area contributed by atoms with Crippen molar-refractivity contribution in [2.45, 2.75) is 16.7 Å². The van der Waals surface area contributed by atoms with Gasteiger partial charge in [-0.25, -0.2) is 14.7 Å². The lowest BCUT2D eigenvalue weighted by Gasteiger charge is -2.15. The number of benzene rings is 3. The Morgan fingerprint density at radius 3 is 2.33 bits per heavy atom. The number of esters is 1. The number of thioether (sulfide) groups is 1. The van der Waals surface area contributed by atoms with E-state index in [4.69, 9.17) is 9.47 Å². The molecule has 1 saturated heterocycles. The molecule has 5 rings (SSSR count). The van der Waals surface area contributed by atoms with Crippen molar-refractivity contribution in [3.05, 3.63) is 108 Å². The monoisotopic (exact) mass is 577 g/mol. The zero-order valence-electron chi connectivity index (χ0n) is 22.4. The van der Waals surface area contributed by atoms with Gasteiger partial charge in [-0.05, 0) is 60.7 Å². The highest BCUT2D eigenvalue weighted by atomic mass is 32.2. The number of imide groups is 1. The maximum atomic E-state index is 13.3. The van der Waals surface area contributed by atoms with Crippen LogP contribution in [0, 0.1) is 11.3 Å². The molecule has 2 amide bonds. The van der Waals surface area contributed by atoms with E-state index in [0.717, 1.165) is 22.2 Å². The van der Waals surface area contributed by atoms with Gasteiger partial charge in [0.2, 0.25) is 11.8 Å². The summed E-state index contributed by atoms with van der Waals surface area (Å²) >= 11 is 1.07. The summed E-state index contributed by atoms with van der Waals surface area (Å²) in [6.45, 7) is -0.412. The number of hydrogen-bond donors (Lipinski definition) is 0. The van der Waals surface area contributed by atoms with Gasteiger partial charge in [0.05, 0.1) is 34.9 Å². The molecule has 1 aliphatic heterocycles. The Labute approximate surface area is 245 Å². The molecular formula is C32H23N3O6S. The van der Waals surface area contributed by atoms with Crippen molar-refractivity contribution in [1.29, 1.82) is 5.26 Å². The summed E-state index contributed by atoms with van der Waals surface area (Å²) in [6.07, 6.45) is -0.0752. The number of nitriles is 1. The van der Waals surface area contributed by atoms with Gasteiger partial charge >= 0.3 is 5.97 Å². The number of pyridine rings is 1. The first-order valence-corrected chi connectivity index (χ1v) is 13.7. The molecule has 4 aromatic rings. The van der Waals surface area contributed by atoms with Crippen molar-refractivity contribution in [1.82, 2.24) is 4.98 Å². The van der Waals surface area contributed by atoms with Crippen LogP contribution in [-0.2, 0) is 14.3 Å². The van der Waals surface area contributed by atoms with Crippen LogP contribution in [0.2, 0.25) is 0 Å². The number of ether oxygens (including phenoxy) is 2. The van der Waals surface area contributed by atoms with E-state index in [0.29, 0.717) is 33.3 Å². The largest absolute Gasteiger partial charge is 0.497 e. The molecule has 0 spiro atoms. The van der Waals surface area contributed by atoms with E-state index in [1.165, 1.54) is 24.3 Å². The van der Waals surface area contributed by atoms with E-state index < -0.39 is 29.6 Å². The third-order valence-corrected chi connectivity index (χ3v) is 7.70. The molecule has 1 atom stereocenters. The van der Waals surface area contributed by atoms with Gasteiger partial charge < -0.3 is 9.47 Å². The van der Waals surface area contributed by atoms with E-state index in [1.807, 2.05) is 12.1 Å². The summed E-state index contributed by atoms with van der Waals surface area (Å²) in [5, 5.41) is 9.20. The smallest absolute Gasteiger partial charge is 0.338 e. The van der Waals surface area contributed by atoms with Gasteiger partial charge in [-0.1, -0.05) is 42.1 Å². The van der Waals surface area contributed by atoms with Gasteiger partial charge in [-0.15, -0.1) is 0 Å². The number of ketones is 1. The number of amides is 2. The number of aromatic nitrogens is 1. The van der Waals surface area contributed by atoms with Gasteiger partial charge in [0.25, 0.3) is 0 Å². The maximum absolute atomic E-state index is 13.3. The normalized spacial score (nSPS) is 14.4. The van der Waals surface area contributed by atoms with E-state index in [-0.39, 0.29) is 17.8 Å². The minimum atomic E-state index is -0.781. The van der Waals surface area contributed by atoms with Crippen LogP contribution in [0.15, 0.2) is 96.0 Å². The van der Waals surface area contributed by atoms with Crippen molar-refractivity contribution in [3.63, 3.8) is 0 Å². The lowest BCUT2D eigenvalue weighted by atomic mass is 10.1. The van der Waals surface area contributed by atoms with E-state index >= 15 is 0 Å². The van der Waals surface area contributed by atoms with Gasteiger partial charge in [0, 0.05) is 17.5 Å². The number of carbonyl (C=O) groups is 4. The summed E-state index contributed by atoms with van der Waals surface area (Å²) in [6, 6.07) is 27.0. The lowest BCUT2D eigenvalue weighted by Crippen LogP contribution is -2.31. The molecule has 208 valence electrons. The first kappa shape index (κ1) is 28.3. The number of hydrogen-bond acceptors (Lipinski definition) is 9. The molecule has 1 unspecified atom stereocenters. The van der Waals surface area contributed by atoms with Crippen LogP contribution in [0.3, 0.4) is 0 Å². The fraction of sp³-hybridized carbons (Fsp3) is 0.125. The number of rotatable bonds is 9. The van der Waals surface area contributed by atoms with Crippen LogP contribution < -0.4 is 9.64 Å². The van der Waals surface area contributed by atoms with Gasteiger partial charge in [-0.3, -0.25) is 14.4 Å². The molecule has 42 heavy (non-hydrogen) atoms. The van der Waals surface area contributed by atoms with Crippen LogP contribution in [0.4, 0.5) is 5.69 Å². The summed E-state index contributed by atoms with van der Waals surface area (Å²) in [4.78, 5) is 56.5. The third-order valence-electron chi connectivity index (χ3n) is 6.52. The van der Waals surface area contributed by atoms with E-state index in [9.17, 15) is 24.4 Å². The Balaban J connectivity index is 1.26. The van der Waals surface area contributed by atoms with Crippen LogP contribution in [-0.4, -0.2) is 47.5 Å². The Hall–Kier alpha value is -5.27. The van der Waals surface area contributed by atoms with Gasteiger partial charge in [0.15, 0.2) is 12.4 Å². The number of Topliss-reactive ketones (excluding diaryl/α,β-unsaturated/α-hetero) is 1. The highest BCUT2D eigenvalue weighted by Gasteiger charge is 2.40. The molecule has 9 nitrogen and oxygen atoms in total. The Kier molecular flexibility index (Phi) is 8.41. The van der Waals surface area contributed by atoms with Crippen LogP contribution >= 0.6 is 11.8 Å². The molecule has 1 aliphatic rings. The second-order valence-corrected chi connectivity index (χ2v) is 10.4. The zero-order valence-corrected chi connectivity index (χ0v) is 23.2. The fourth-order valence-electron chi connectivity index (χ4n) is 4.31. The Morgan fingerprint density at radius 1 is 0.952 bits per heavy atom. The maximum Gasteiger partial charge on any atom is 0.338 e. The predicted octanol–water partition coefficient (Wildman–Crippen LogP) is 5.09. The fourth-order valence-corrected chi connectivity index (χ4v) is 5.40. The molecule has 10 heteroatoms. The van der Waals surface area contributed by atoms with Crippen molar-refractivity contribution in [2.75, 3.05) is 18.6 Å². The highest BCUT2D eigenvalue weighted by molar-refractivity contribution is 8.00. The van der Waals surface area contributed by atoms with Crippen molar-refractivity contribution in [3.8, 4) is 23.1 Å². The summed E-state index contributed by atoms with van der Waals surface area (Å²) in [5.74, 6) is -1.20. The third kappa shape index (κ3) is 6.06. The highest BCUT2D eigenvalue weighted by Crippen LogP contribution is 2.36. The second kappa shape index (κ2) is 12.5. The molecule has 1 fully saturated rings. The summed E-state index contributed by atoms with van der Waals surface area (Å²) in [7, 11) is 1.58. The van der Waals surface area contributed by atoms with Crippen LogP contribution in [0.25, 0.3) is 11.3 Å². The van der Waals surface area contributed by atoms with Crippen LogP contribution in [0.5, 0.6) is 5.75 Å². The predicted molar refractivity (Wildman–Crippen MR) is 155 cm³/mol. The average Bonchev–Trinajstić information content (AvgIpc) is 3.31. The van der Waals surface area contributed by atoms with Gasteiger partial charge in [-0.2, -0.15) is 5.26 Å². The average molecular weight is 578 g/mol. The molecule has 0 saturated carbocycles. The first-order chi connectivity index (χ1) is 20.4.